The highest BCUT2D eigenvalue weighted by molar-refractivity contribution is 5.90. The first-order valence-corrected chi connectivity index (χ1v) is 9.29. The molecule has 2 atom stereocenters. The highest BCUT2D eigenvalue weighted by Crippen LogP contribution is 2.40. The van der Waals surface area contributed by atoms with Crippen LogP contribution in [0.2, 0.25) is 0 Å². The lowest BCUT2D eigenvalue weighted by molar-refractivity contribution is -0.137. The zero-order valence-electron chi connectivity index (χ0n) is 16.6. The molecular formula is C18H27N7O2. The van der Waals surface area contributed by atoms with E-state index in [-0.39, 0.29) is 24.3 Å². The van der Waals surface area contributed by atoms with Gasteiger partial charge in [0, 0.05) is 51.1 Å². The first-order chi connectivity index (χ1) is 12.9. The Morgan fingerprint density at radius 1 is 1.33 bits per heavy atom. The molecule has 0 bridgehead atoms. The Kier molecular flexibility index (Phi) is 5.29. The van der Waals surface area contributed by atoms with Crippen molar-refractivity contribution < 1.29 is 9.59 Å². The van der Waals surface area contributed by atoms with Gasteiger partial charge >= 0.3 is 0 Å². The Labute approximate surface area is 158 Å². The van der Waals surface area contributed by atoms with E-state index in [9.17, 15) is 9.59 Å². The van der Waals surface area contributed by atoms with E-state index in [1.807, 2.05) is 27.8 Å². The van der Waals surface area contributed by atoms with Gasteiger partial charge in [0.25, 0.3) is 0 Å². The van der Waals surface area contributed by atoms with E-state index < -0.39 is 5.92 Å². The van der Waals surface area contributed by atoms with Gasteiger partial charge in [0.05, 0.1) is 24.7 Å². The quantitative estimate of drug-likeness (QED) is 0.748. The summed E-state index contributed by atoms with van der Waals surface area (Å²) in [6.07, 6.45) is 3.81. The smallest absolute Gasteiger partial charge is 0.228 e. The molecule has 0 spiro atoms. The lowest BCUT2D eigenvalue weighted by Gasteiger charge is -2.30. The van der Waals surface area contributed by atoms with E-state index in [4.69, 9.17) is 0 Å². The normalized spacial score (nSPS) is 19.7. The maximum atomic E-state index is 13.4. The summed E-state index contributed by atoms with van der Waals surface area (Å²) in [5, 5.41) is 12.3. The monoisotopic (exact) mass is 373 g/mol. The second kappa shape index (κ2) is 7.50. The molecule has 1 aliphatic rings. The third-order valence-electron chi connectivity index (χ3n) is 5.38. The molecule has 146 valence electrons. The van der Waals surface area contributed by atoms with Crippen LogP contribution >= 0.6 is 0 Å². The maximum absolute atomic E-state index is 13.4. The predicted molar refractivity (Wildman–Crippen MR) is 98.3 cm³/mol. The van der Waals surface area contributed by atoms with Crippen LogP contribution in [0.1, 0.15) is 43.3 Å². The number of carbonyl (C=O) groups is 2. The van der Waals surface area contributed by atoms with E-state index in [0.717, 1.165) is 17.0 Å². The number of hydrogen-bond acceptors (Lipinski definition) is 5. The van der Waals surface area contributed by atoms with Gasteiger partial charge in [-0.05, 0) is 20.8 Å². The van der Waals surface area contributed by atoms with Crippen LogP contribution < -0.4 is 0 Å². The molecular weight excluding hydrogens is 346 g/mol. The van der Waals surface area contributed by atoms with Gasteiger partial charge in [-0.1, -0.05) is 5.21 Å². The van der Waals surface area contributed by atoms with Crippen molar-refractivity contribution in [3.05, 3.63) is 29.3 Å². The van der Waals surface area contributed by atoms with Crippen molar-refractivity contribution in [3.63, 3.8) is 0 Å². The van der Waals surface area contributed by atoms with Crippen molar-refractivity contribution in [3.8, 4) is 0 Å². The van der Waals surface area contributed by atoms with Crippen molar-refractivity contribution in [1.29, 1.82) is 0 Å². The van der Waals surface area contributed by atoms with E-state index >= 15 is 0 Å². The molecule has 0 aromatic carbocycles. The third-order valence-corrected chi connectivity index (χ3v) is 5.38. The van der Waals surface area contributed by atoms with Crippen LogP contribution in [0.15, 0.2) is 12.4 Å². The van der Waals surface area contributed by atoms with E-state index in [1.54, 1.807) is 38.6 Å². The van der Waals surface area contributed by atoms with Gasteiger partial charge in [0.1, 0.15) is 5.69 Å². The van der Waals surface area contributed by atoms with Gasteiger partial charge in [0.2, 0.25) is 11.8 Å². The maximum Gasteiger partial charge on any atom is 0.228 e. The molecule has 0 unspecified atom stereocenters. The second-order valence-corrected chi connectivity index (χ2v) is 6.98. The number of aryl methyl sites for hydroxylation is 2. The van der Waals surface area contributed by atoms with Gasteiger partial charge in [-0.3, -0.25) is 19.0 Å². The molecule has 1 aliphatic heterocycles. The number of likely N-dealkylation sites (tertiary alicyclic amines) is 1. The molecule has 0 radical (unpaired) electrons. The van der Waals surface area contributed by atoms with Gasteiger partial charge in [-0.2, -0.15) is 5.10 Å². The minimum atomic E-state index is -0.419. The van der Waals surface area contributed by atoms with Crippen molar-refractivity contribution in [2.24, 2.45) is 20.0 Å². The fourth-order valence-electron chi connectivity index (χ4n) is 3.82. The SMILES string of the molecule is CCN(Cc1cn(C)nn1)C(=O)[C@@H]1CC(=O)N(CC)[C@H]1c1cnn(C)c1C. The fraction of sp³-hybridized carbons (Fsp3) is 0.611. The average molecular weight is 373 g/mol. The molecule has 3 heterocycles. The number of carbonyl (C=O) groups excluding carboxylic acids is 2. The summed E-state index contributed by atoms with van der Waals surface area (Å²) < 4.78 is 3.40. The fourth-order valence-corrected chi connectivity index (χ4v) is 3.82. The molecule has 3 rings (SSSR count). The van der Waals surface area contributed by atoms with Crippen molar-refractivity contribution in [1.82, 2.24) is 34.6 Å². The Morgan fingerprint density at radius 2 is 2.07 bits per heavy atom. The summed E-state index contributed by atoms with van der Waals surface area (Å²) in [6.45, 7) is 7.35. The summed E-state index contributed by atoms with van der Waals surface area (Å²) in [5.74, 6) is -0.433. The van der Waals surface area contributed by atoms with Crippen molar-refractivity contribution >= 4 is 11.8 Å². The molecule has 0 aliphatic carbocycles. The molecule has 27 heavy (non-hydrogen) atoms. The van der Waals surface area contributed by atoms with E-state index in [0.29, 0.717) is 19.6 Å². The number of rotatable bonds is 6. The topological polar surface area (TPSA) is 89.2 Å². The van der Waals surface area contributed by atoms with Crippen LogP contribution in [-0.4, -0.2) is 59.5 Å². The number of aromatic nitrogens is 5. The van der Waals surface area contributed by atoms with Gasteiger partial charge in [0.15, 0.2) is 0 Å². The molecule has 9 heteroatoms. The molecule has 0 saturated carbocycles. The molecule has 1 saturated heterocycles. The first-order valence-electron chi connectivity index (χ1n) is 9.29. The average Bonchev–Trinajstić information content (AvgIpc) is 3.30. The Bertz CT molecular complexity index is 841. The number of nitrogens with zero attached hydrogens (tertiary/aromatic N) is 7. The van der Waals surface area contributed by atoms with E-state index in [2.05, 4.69) is 15.4 Å². The third kappa shape index (κ3) is 3.45. The van der Waals surface area contributed by atoms with Crippen LogP contribution in [0.25, 0.3) is 0 Å². The Morgan fingerprint density at radius 3 is 2.59 bits per heavy atom. The van der Waals surface area contributed by atoms with Crippen LogP contribution in [0.3, 0.4) is 0 Å². The highest BCUT2D eigenvalue weighted by Gasteiger charge is 2.46. The molecule has 9 nitrogen and oxygen atoms in total. The lowest BCUT2D eigenvalue weighted by Crippen LogP contribution is -2.38. The Balaban J connectivity index is 1.90. The molecule has 1 fully saturated rings. The van der Waals surface area contributed by atoms with Crippen LogP contribution in [-0.2, 0) is 30.2 Å². The summed E-state index contributed by atoms with van der Waals surface area (Å²) in [7, 11) is 3.67. The van der Waals surface area contributed by atoms with Gasteiger partial charge < -0.3 is 9.80 Å². The zero-order chi connectivity index (χ0) is 19.7. The minimum absolute atomic E-state index is 0.0136. The molecule has 2 aromatic rings. The van der Waals surface area contributed by atoms with E-state index in [1.165, 1.54) is 0 Å². The highest BCUT2D eigenvalue weighted by atomic mass is 16.2. The van der Waals surface area contributed by atoms with Crippen molar-refractivity contribution in [2.45, 2.75) is 39.8 Å². The van der Waals surface area contributed by atoms with Crippen LogP contribution in [0.4, 0.5) is 0 Å². The van der Waals surface area contributed by atoms with Crippen LogP contribution in [0, 0.1) is 12.8 Å². The summed E-state index contributed by atoms with van der Waals surface area (Å²) >= 11 is 0. The van der Waals surface area contributed by atoms with Crippen LogP contribution in [0.5, 0.6) is 0 Å². The van der Waals surface area contributed by atoms with Gasteiger partial charge in [-0.25, -0.2) is 0 Å². The standard InChI is InChI=1S/C18H27N7O2/c1-6-24(11-13-10-22(4)21-20-13)18(27)14-8-16(26)25(7-2)17(14)15-9-19-23(5)12(15)3/h9-10,14,17H,6-8,11H2,1-5H3/t14-,17-/m1/s1. The minimum Gasteiger partial charge on any atom is -0.337 e. The summed E-state index contributed by atoms with van der Waals surface area (Å²) in [5.41, 5.74) is 2.65. The first kappa shape index (κ1) is 19.1. The predicted octanol–water partition coefficient (Wildman–Crippen LogP) is 0.815. The zero-order valence-corrected chi connectivity index (χ0v) is 16.6. The Hall–Kier alpha value is -2.71. The molecule has 2 aromatic heterocycles. The second-order valence-electron chi connectivity index (χ2n) is 6.98. The number of amides is 2. The molecule has 0 N–H and O–H groups in total. The summed E-state index contributed by atoms with van der Waals surface area (Å²) in [6, 6.07) is -0.278. The molecule has 2 amide bonds. The van der Waals surface area contributed by atoms with Crippen molar-refractivity contribution in [2.75, 3.05) is 13.1 Å². The summed E-state index contributed by atoms with van der Waals surface area (Å²) in [4.78, 5) is 29.5. The number of hydrogen-bond donors (Lipinski definition) is 0. The van der Waals surface area contributed by atoms with Gasteiger partial charge in [-0.15, -0.1) is 5.10 Å². The lowest BCUT2D eigenvalue weighted by atomic mass is 9.92. The largest absolute Gasteiger partial charge is 0.337 e.